The number of hydrogen-bond acceptors (Lipinski definition) is 10. The predicted octanol–water partition coefficient (Wildman–Crippen LogP) is -1.60. The molecule has 0 bridgehead atoms. The molecule has 31 heavy (non-hydrogen) atoms. The second kappa shape index (κ2) is 9.00. The smallest absolute Gasteiger partial charge is 0.363 e. The summed E-state index contributed by atoms with van der Waals surface area (Å²) in [7, 11) is -5.04. The van der Waals surface area contributed by atoms with E-state index in [4.69, 9.17) is 26.8 Å². The number of amides is 2. The normalized spacial score (nSPS) is 22.4. The number of imidazole rings is 1. The summed E-state index contributed by atoms with van der Waals surface area (Å²) in [5.41, 5.74) is 9.96. The minimum Gasteiger partial charge on any atom is -0.388 e. The van der Waals surface area contributed by atoms with Gasteiger partial charge in [0.2, 0.25) is 17.0 Å². The molecule has 170 valence electrons. The number of halogens is 1. The molecule has 15 nitrogen and oxygen atoms in total. The molecule has 17 heteroatoms. The molecular formula is C14H19ClN7O8P. The van der Waals surface area contributed by atoms with Crippen molar-refractivity contribution in [3.63, 3.8) is 0 Å². The summed E-state index contributed by atoms with van der Waals surface area (Å²) in [6, 6.07) is 0. The Morgan fingerprint density at radius 1 is 1.45 bits per heavy atom. The molecule has 3 heterocycles. The number of aliphatic hydroxyl groups is 1. The maximum atomic E-state index is 11.9. The number of carbonyl (C=O) groups is 2. The van der Waals surface area contributed by atoms with Gasteiger partial charge >= 0.3 is 7.60 Å². The Hall–Kier alpha value is -2.39. The van der Waals surface area contributed by atoms with E-state index in [0.717, 1.165) is 6.92 Å². The van der Waals surface area contributed by atoms with Crippen LogP contribution in [0.15, 0.2) is 6.33 Å². The van der Waals surface area contributed by atoms with Gasteiger partial charge in [0.05, 0.1) is 19.0 Å². The highest BCUT2D eigenvalue weighted by molar-refractivity contribution is 7.53. The van der Waals surface area contributed by atoms with Gasteiger partial charge in [0.25, 0.3) is 5.91 Å². The number of rotatable bonds is 6. The average Bonchev–Trinajstić information content (AvgIpc) is 3.22. The molecule has 0 radical (unpaired) electrons. The third kappa shape index (κ3) is 5.27. The highest BCUT2D eigenvalue weighted by Crippen LogP contribution is 2.42. The fourth-order valence-corrected chi connectivity index (χ4v) is 3.74. The van der Waals surface area contributed by atoms with Gasteiger partial charge in [-0.05, 0) is 11.6 Å². The van der Waals surface area contributed by atoms with Crippen molar-refractivity contribution in [2.45, 2.75) is 37.6 Å². The van der Waals surface area contributed by atoms with Crippen molar-refractivity contribution in [1.29, 1.82) is 0 Å². The van der Waals surface area contributed by atoms with E-state index in [-0.39, 0.29) is 28.7 Å². The molecular weight excluding hydrogens is 461 g/mol. The first-order chi connectivity index (χ1) is 14.5. The van der Waals surface area contributed by atoms with Gasteiger partial charge in [0, 0.05) is 13.3 Å². The molecule has 0 spiro atoms. The van der Waals surface area contributed by atoms with Crippen LogP contribution in [0.4, 0.5) is 5.82 Å². The van der Waals surface area contributed by atoms with Gasteiger partial charge in [-0.1, -0.05) is 0 Å². The van der Waals surface area contributed by atoms with Crippen LogP contribution >= 0.6 is 19.2 Å². The predicted molar refractivity (Wildman–Crippen MR) is 103 cm³/mol. The average molecular weight is 480 g/mol. The number of aliphatic hydroxyl groups excluding tert-OH is 1. The third-order valence-corrected chi connectivity index (χ3v) is 5.36. The van der Waals surface area contributed by atoms with E-state index in [1.165, 1.54) is 10.9 Å². The zero-order chi connectivity index (χ0) is 22.9. The molecule has 2 aromatic rings. The van der Waals surface area contributed by atoms with E-state index < -0.39 is 50.3 Å². The number of nitrogens with zero attached hydrogens (tertiary/aromatic N) is 4. The lowest BCUT2D eigenvalue weighted by Gasteiger charge is -2.21. The maximum Gasteiger partial charge on any atom is 0.363 e. The SMILES string of the molecule is CC(=O)NNC(=O)C(OCC1CC(O)C(n2cnc3c(N)nc(Cl)nc32)O1)P(=O)(O)O. The Balaban J connectivity index is 1.70. The zero-order valence-corrected chi connectivity index (χ0v) is 17.5. The van der Waals surface area contributed by atoms with Crippen LogP contribution in [0.3, 0.4) is 0 Å². The van der Waals surface area contributed by atoms with Crippen LogP contribution in [0.2, 0.25) is 5.28 Å². The quantitative estimate of drug-likeness (QED) is 0.156. The van der Waals surface area contributed by atoms with Gasteiger partial charge in [-0.25, -0.2) is 4.98 Å². The Bertz CT molecular complexity index is 1050. The fraction of sp³-hybridized carbons (Fsp3) is 0.500. The van der Waals surface area contributed by atoms with Crippen LogP contribution in [0.1, 0.15) is 19.6 Å². The van der Waals surface area contributed by atoms with Crippen molar-refractivity contribution < 1.29 is 38.5 Å². The number of hydrazine groups is 1. The third-order valence-electron chi connectivity index (χ3n) is 4.19. The first kappa shape index (κ1) is 23.3. The topological polar surface area (TPSA) is 224 Å². The fourth-order valence-electron chi connectivity index (χ4n) is 2.92. The van der Waals surface area contributed by atoms with Gasteiger partial charge in [-0.3, -0.25) is 29.6 Å². The van der Waals surface area contributed by atoms with Crippen molar-refractivity contribution in [1.82, 2.24) is 30.4 Å². The summed E-state index contributed by atoms with van der Waals surface area (Å²) in [6.07, 6.45) is -1.55. The van der Waals surface area contributed by atoms with Gasteiger partial charge in [0.1, 0.15) is 11.6 Å². The molecule has 1 fully saturated rings. The summed E-state index contributed by atoms with van der Waals surface area (Å²) in [5.74, 6) is -4.06. The van der Waals surface area contributed by atoms with Gasteiger partial charge in [0.15, 0.2) is 17.7 Å². The van der Waals surface area contributed by atoms with E-state index in [0.29, 0.717) is 0 Å². The van der Waals surface area contributed by atoms with Crippen molar-refractivity contribution >= 4 is 48.0 Å². The molecule has 0 saturated carbocycles. The van der Waals surface area contributed by atoms with Gasteiger partial charge in [-0.2, -0.15) is 9.97 Å². The standard InChI is InChI=1S/C14H19ClN7O8P/c1-5(23)20-21-11(25)13(31(26,27)28)29-3-6-2-7(24)12(30-6)22-4-17-8-9(16)18-14(15)19-10(8)22/h4,6-7,12-13,24H,2-3H2,1H3,(H,20,23)(H,21,25)(H2,16,18,19)(H2,26,27,28). The summed E-state index contributed by atoms with van der Waals surface area (Å²) < 4.78 is 23.8. The van der Waals surface area contributed by atoms with Crippen LogP contribution in [0.25, 0.3) is 11.2 Å². The molecule has 1 saturated heterocycles. The first-order valence-electron chi connectivity index (χ1n) is 8.69. The number of nitrogen functional groups attached to an aromatic ring is 1. The number of hydrogen-bond donors (Lipinski definition) is 6. The van der Waals surface area contributed by atoms with Crippen molar-refractivity contribution in [2.24, 2.45) is 0 Å². The molecule has 2 amide bonds. The minimum atomic E-state index is -5.04. The lowest BCUT2D eigenvalue weighted by atomic mass is 10.2. The number of nitrogens with two attached hydrogens (primary N) is 1. The zero-order valence-electron chi connectivity index (χ0n) is 15.9. The van der Waals surface area contributed by atoms with Crippen LogP contribution < -0.4 is 16.6 Å². The maximum absolute atomic E-state index is 11.9. The second-order valence-electron chi connectivity index (χ2n) is 6.60. The molecule has 7 N–H and O–H groups in total. The number of nitrogens with one attached hydrogen (secondary N) is 2. The highest BCUT2D eigenvalue weighted by atomic mass is 35.5. The van der Waals surface area contributed by atoms with Crippen LogP contribution in [0, 0.1) is 0 Å². The van der Waals surface area contributed by atoms with Crippen molar-refractivity contribution in [3.05, 3.63) is 11.6 Å². The number of carbonyl (C=O) groups excluding carboxylic acids is 2. The minimum absolute atomic E-state index is 0.0137. The Morgan fingerprint density at radius 2 is 2.16 bits per heavy atom. The van der Waals surface area contributed by atoms with Crippen molar-refractivity contribution in [3.8, 4) is 0 Å². The number of anilines is 1. The van der Waals surface area contributed by atoms with E-state index in [9.17, 15) is 29.0 Å². The van der Waals surface area contributed by atoms with Crippen LogP contribution in [0.5, 0.6) is 0 Å². The van der Waals surface area contributed by atoms with Crippen LogP contribution in [-0.4, -0.2) is 70.9 Å². The lowest BCUT2D eigenvalue weighted by Crippen LogP contribution is -2.46. The molecule has 4 unspecified atom stereocenters. The Kier molecular flexibility index (Phi) is 6.76. The molecule has 1 aliphatic rings. The van der Waals surface area contributed by atoms with Gasteiger partial charge < -0.3 is 30.1 Å². The largest absolute Gasteiger partial charge is 0.388 e. The molecule has 0 aromatic carbocycles. The molecule has 0 aliphatic carbocycles. The molecule has 2 aromatic heterocycles. The Labute approximate surface area is 179 Å². The lowest BCUT2D eigenvalue weighted by molar-refractivity contribution is -0.135. The molecule has 3 rings (SSSR count). The number of fused-ring (bicyclic) bond motifs is 1. The summed E-state index contributed by atoms with van der Waals surface area (Å²) in [5, 5.41) is 10.3. The summed E-state index contributed by atoms with van der Waals surface area (Å²) in [6.45, 7) is 0.647. The number of ether oxygens (including phenoxy) is 2. The number of aromatic nitrogens is 4. The monoisotopic (exact) mass is 479 g/mol. The summed E-state index contributed by atoms with van der Waals surface area (Å²) in [4.78, 5) is 53.5. The summed E-state index contributed by atoms with van der Waals surface area (Å²) >= 11 is 5.82. The van der Waals surface area contributed by atoms with Gasteiger partial charge in [-0.15, -0.1) is 0 Å². The van der Waals surface area contributed by atoms with E-state index >= 15 is 0 Å². The van der Waals surface area contributed by atoms with Crippen molar-refractivity contribution in [2.75, 3.05) is 12.3 Å². The molecule has 1 aliphatic heterocycles. The van der Waals surface area contributed by atoms with E-state index in [1.54, 1.807) is 0 Å². The Morgan fingerprint density at radius 3 is 2.81 bits per heavy atom. The first-order valence-corrected chi connectivity index (χ1v) is 10.8. The highest BCUT2D eigenvalue weighted by Gasteiger charge is 2.41. The second-order valence-corrected chi connectivity index (χ2v) is 8.58. The van der Waals surface area contributed by atoms with E-state index in [1.807, 2.05) is 10.9 Å². The molecule has 4 atom stereocenters. The van der Waals surface area contributed by atoms with Crippen LogP contribution in [-0.2, 0) is 23.6 Å². The van der Waals surface area contributed by atoms with E-state index in [2.05, 4.69) is 15.0 Å².